The van der Waals surface area contributed by atoms with E-state index < -0.39 is 6.10 Å². The van der Waals surface area contributed by atoms with Gasteiger partial charge in [-0.2, -0.15) is 0 Å². The van der Waals surface area contributed by atoms with Crippen LogP contribution in [0.5, 0.6) is 0 Å². The molecule has 124 valence electrons. The predicted octanol–water partition coefficient (Wildman–Crippen LogP) is 2.33. The fourth-order valence-corrected chi connectivity index (χ4v) is 3.09. The SMILES string of the molecule is CCCN1CCC(C(=O)NC(C)CC(O)c2ccco2)CC1. The maximum Gasteiger partial charge on any atom is 0.223 e. The van der Waals surface area contributed by atoms with Gasteiger partial charge in [0, 0.05) is 18.4 Å². The number of carbonyl (C=O) groups is 1. The van der Waals surface area contributed by atoms with Crippen molar-refractivity contribution in [2.45, 2.75) is 51.7 Å². The summed E-state index contributed by atoms with van der Waals surface area (Å²) in [5, 5.41) is 13.1. The predicted molar refractivity (Wildman–Crippen MR) is 85.3 cm³/mol. The van der Waals surface area contributed by atoms with E-state index in [-0.39, 0.29) is 17.9 Å². The third kappa shape index (κ3) is 4.85. The Morgan fingerprint density at radius 3 is 2.82 bits per heavy atom. The number of furan rings is 1. The van der Waals surface area contributed by atoms with Crippen molar-refractivity contribution < 1.29 is 14.3 Å². The van der Waals surface area contributed by atoms with Gasteiger partial charge in [-0.3, -0.25) is 4.79 Å². The van der Waals surface area contributed by atoms with E-state index in [1.807, 2.05) is 6.92 Å². The maximum atomic E-state index is 12.3. The number of aliphatic hydroxyl groups excluding tert-OH is 1. The minimum Gasteiger partial charge on any atom is -0.467 e. The van der Waals surface area contributed by atoms with Gasteiger partial charge >= 0.3 is 0 Å². The molecule has 0 saturated carbocycles. The fourth-order valence-electron chi connectivity index (χ4n) is 3.09. The molecule has 1 aromatic rings. The Hall–Kier alpha value is -1.33. The van der Waals surface area contributed by atoms with Crippen LogP contribution in [-0.4, -0.2) is 41.6 Å². The van der Waals surface area contributed by atoms with Crippen molar-refractivity contribution in [3.8, 4) is 0 Å². The largest absolute Gasteiger partial charge is 0.467 e. The molecule has 1 saturated heterocycles. The Bertz CT molecular complexity index is 439. The van der Waals surface area contributed by atoms with Crippen LogP contribution in [0.2, 0.25) is 0 Å². The Kier molecular flexibility index (Phi) is 6.46. The molecule has 2 N–H and O–H groups in total. The molecule has 1 amide bonds. The van der Waals surface area contributed by atoms with E-state index >= 15 is 0 Å². The van der Waals surface area contributed by atoms with Crippen LogP contribution in [0.3, 0.4) is 0 Å². The minimum absolute atomic E-state index is 0.0683. The molecule has 2 rings (SSSR count). The number of nitrogens with zero attached hydrogens (tertiary/aromatic N) is 1. The van der Waals surface area contributed by atoms with Crippen molar-refractivity contribution in [1.29, 1.82) is 0 Å². The van der Waals surface area contributed by atoms with Crippen molar-refractivity contribution in [2.24, 2.45) is 5.92 Å². The first-order chi connectivity index (χ1) is 10.6. The molecule has 0 radical (unpaired) electrons. The summed E-state index contributed by atoms with van der Waals surface area (Å²) in [5.74, 6) is 0.778. The molecule has 1 fully saturated rings. The van der Waals surface area contributed by atoms with E-state index in [2.05, 4.69) is 17.1 Å². The summed E-state index contributed by atoms with van der Waals surface area (Å²) in [5.41, 5.74) is 0. The van der Waals surface area contributed by atoms with Crippen LogP contribution in [-0.2, 0) is 4.79 Å². The number of hydrogen-bond acceptors (Lipinski definition) is 4. The number of rotatable bonds is 7. The smallest absolute Gasteiger partial charge is 0.223 e. The molecule has 2 atom stereocenters. The third-order valence-corrected chi connectivity index (χ3v) is 4.34. The van der Waals surface area contributed by atoms with Gasteiger partial charge in [-0.05, 0) is 58.0 Å². The zero-order valence-corrected chi connectivity index (χ0v) is 13.6. The second-order valence-corrected chi connectivity index (χ2v) is 6.29. The van der Waals surface area contributed by atoms with Crippen molar-refractivity contribution in [3.05, 3.63) is 24.2 Å². The molecular weight excluding hydrogens is 280 g/mol. The highest BCUT2D eigenvalue weighted by molar-refractivity contribution is 5.79. The van der Waals surface area contributed by atoms with E-state index in [4.69, 9.17) is 4.42 Å². The lowest BCUT2D eigenvalue weighted by Crippen LogP contribution is -2.43. The molecule has 5 nitrogen and oxygen atoms in total. The van der Waals surface area contributed by atoms with Gasteiger partial charge in [-0.25, -0.2) is 0 Å². The van der Waals surface area contributed by atoms with Crippen LogP contribution in [0, 0.1) is 5.92 Å². The van der Waals surface area contributed by atoms with Gasteiger partial charge in [0.25, 0.3) is 0 Å². The van der Waals surface area contributed by atoms with Crippen molar-refractivity contribution in [2.75, 3.05) is 19.6 Å². The van der Waals surface area contributed by atoms with Crippen LogP contribution in [0.1, 0.15) is 51.4 Å². The molecule has 2 heterocycles. The number of piperidine rings is 1. The van der Waals surface area contributed by atoms with Gasteiger partial charge in [0.05, 0.1) is 6.26 Å². The average molecular weight is 308 g/mol. The highest BCUT2D eigenvalue weighted by atomic mass is 16.4. The van der Waals surface area contributed by atoms with Crippen molar-refractivity contribution in [3.63, 3.8) is 0 Å². The quantitative estimate of drug-likeness (QED) is 0.811. The molecule has 0 spiro atoms. The standard InChI is InChI=1S/C17H28N2O3/c1-3-8-19-9-6-14(7-10-19)17(21)18-13(2)12-15(20)16-5-4-11-22-16/h4-5,11,13-15,20H,3,6-10,12H2,1-2H3,(H,18,21). The van der Waals surface area contributed by atoms with E-state index in [1.54, 1.807) is 18.4 Å². The van der Waals surface area contributed by atoms with Crippen LogP contribution in [0.15, 0.2) is 22.8 Å². The molecule has 0 aromatic carbocycles. The number of likely N-dealkylation sites (tertiary alicyclic amines) is 1. The summed E-state index contributed by atoms with van der Waals surface area (Å²) in [6, 6.07) is 3.44. The van der Waals surface area contributed by atoms with Crippen LogP contribution < -0.4 is 5.32 Å². The van der Waals surface area contributed by atoms with Gasteiger partial charge in [0.2, 0.25) is 5.91 Å². The van der Waals surface area contributed by atoms with Gasteiger partial charge < -0.3 is 19.7 Å². The second kappa shape index (κ2) is 8.34. The highest BCUT2D eigenvalue weighted by Gasteiger charge is 2.26. The first kappa shape index (κ1) is 17.0. The maximum absolute atomic E-state index is 12.3. The van der Waals surface area contributed by atoms with E-state index in [0.717, 1.165) is 32.5 Å². The minimum atomic E-state index is -0.670. The summed E-state index contributed by atoms with van der Waals surface area (Å²) in [6.07, 6.45) is 4.37. The lowest BCUT2D eigenvalue weighted by molar-refractivity contribution is -0.127. The zero-order chi connectivity index (χ0) is 15.9. The topological polar surface area (TPSA) is 65.7 Å². The Balaban J connectivity index is 1.72. The van der Waals surface area contributed by atoms with Gasteiger partial charge in [-0.1, -0.05) is 6.92 Å². The van der Waals surface area contributed by atoms with Gasteiger partial charge in [-0.15, -0.1) is 0 Å². The summed E-state index contributed by atoms with van der Waals surface area (Å²) >= 11 is 0. The van der Waals surface area contributed by atoms with E-state index in [9.17, 15) is 9.90 Å². The zero-order valence-electron chi connectivity index (χ0n) is 13.6. The molecule has 22 heavy (non-hydrogen) atoms. The molecule has 0 aliphatic carbocycles. The molecule has 1 aliphatic heterocycles. The molecule has 2 unspecified atom stereocenters. The Morgan fingerprint density at radius 1 is 1.50 bits per heavy atom. The first-order valence-corrected chi connectivity index (χ1v) is 8.34. The number of hydrogen-bond donors (Lipinski definition) is 2. The summed E-state index contributed by atoms with van der Waals surface area (Å²) < 4.78 is 5.18. The van der Waals surface area contributed by atoms with Crippen LogP contribution in [0.4, 0.5) is 0 Å². The number of nitrogens with one attached hydrogen (secondary N) is 1. The molecular formula is C17H28N2O3. The van der Waals surface area contributed by atoms with Crippen LogP contribution >= 0.6 is 0 Å². The number of carbonyl (C=O) groups excluding carboxylic acids is 1. The summed E-state index contributed by atoms with van der Waals surface area (Å²) in [6.45, 7) is 7.26. The monoisotopic (exact) mass is 308 g/mol. The fraction of sp³-hybridized carbons (Fsp3) is 0.706. The lowest BCUT2D eigenvalue weighted by Gasteiger charge is -2.31. The van der Waals surface area contributed by atoms with Gasteiger partial charge in [0.1, 0.15) is 11.9 Å². The first-order valence-electron chi connectivity index (χ1n) is 8.34. The molecule has 1 aromatic heterocycles. The number of amides is 1. The average Bonchev–Trinajstić information content (AvgIpc) is 3.02. The third-order valence-electron chi connectivity index (χ3n) is 4.34. The second-order valence-electron chi connectivity index (χ2n) is 6.29. The van der Waals surface area contributed by atoms with E-state index in [0.29, 0.717) is 12.2 Å². The van der Waals surface area contributed by atoms with Gasteiger partial charge in [0.15, 0.2) is 0 Å². The highest BCUT2D eigenvalue weighted by Crippen LogP contribution is 2.20. The summed E-state index contributed by atoms with van der Waals surface area (Å²) in [4.78, 5) is 14.7. The summed E-state index contributed by atoms with van der Waals surface area (Å²) in [7, 11) is 0. The number of aliphatic hydroxyl groups is 1. The Labute approximate surface area is 132 Å². The normalized spacial score (nSPS) is 19.8. The van der Waals surface area contributed by atoms with Crippen LogP contribution in [0.25, 0.3) is 0 Å². The van der Waals surface area contributed by atoms with Crippen molar-refractivity contribution >= 4 is 5.91 Å². The van der Waals surface area contributed by atoms with E-state index in [1.165, 1.54) is 6.42 Å². The lowest BCUT2D eigenvalue weighted by atomic mass is 9.95. The molecule has 1 aliphatic rings. The molecule has 0 bridgehead atoms. The van der Waals surface area contributed by atoms with Crippen molar-refractivity contribution in [1.82, 2.24) is 10.2 Å². The molecule has 5 heteroatoms. The Morgan fingerprint density at radius 2 is 2.23 bits per heavy atom.